The highest BCUT2D eigenvalue weighted by molar-refractivity contribution is 7.47. The van der Waals surface area contributed by atoms with Crippen molar-refractivity contribution in [2.75, 3.05) is 39.6 Å². The Morgan fingerprint density at radius 2 is 0.505 bits per heavy atom. The van der Waals surface area contributed by atoms with Crippen LogP contribution in [0.1, 0.15) is 383 Å². The standard InChI is InChI=1S/C76H148O17P2/c1-9-69(8)55-47-39-30-24-20-21-27-33-43-51-59-76(81)93-72(63-87-74(79)57-49-41-35-34-38-46-54-68(6)7)65-91-95(84,85)89-61-70(77)60-88-94(82,83)90-64-71(92-75(80)58-50-42-32-26-19-15-14-17-23-29-37-45-53-67(4)5)62-86-73(78)56-48-40-31-25-18-13-11-10-12-16-22-28-36-44-52-66(2)3/h66-72,77H,9-65H2,1-8H3,(H,82,83)(H,84,85)/t69?,70-,71-,72-/m1/s1. The van der Waals surface area contributed by atoms with Crippen LogP contribution in [0.4, 0.5) is 0 Å². The number of carbonyl (C=O) groups excluding carboxylic acids is 4. The highest BCUT2D eigenvalue weighted by Gasteiger charge is 2.30. The molecule has 0 aliphatic carbocycles. The van der Waals surface area contributed by atoms with E-state index >= 15 is 0 Å². The summed E-state index contributed by atoms with van der Waals surface area (Å²) in [6.45, 7) is 14.2. The zero-order valence-corrected chi connectivity index (χ0v) is 64.1. The molecule has 0 fully saturated rings. The van der Waals surface area contributed by atoms with Gasteiger partial charge in [-0.1, -0.05) is 331 Å². The lowest BCUT2D eigenvalue weighted by molar-refractivity contribution is -0.161. The number of hydrogen-bond acceptors (Lipinski definition) is 15. The zero-order valence-electron chi connectivity index (χ0n) is 62.3. The minimum absolute atomic E-state index is 0.105. The third kappa shape index (κ3) is 69.0. The Morgan fingerprint density at radius 1 is 0.295 bits per heavy atom. The third-order valence-corrected chi connectivity index (χ3v) is 19.8. The number of unbranched alkanes of at least 4 members (excludes halogenated alkanes) is 38. The fraction of sp³-hybridized carbons (Fsp3) is 0.947. The zero-order chi connectivity index (χ0) is 70.3. The van der Waals surface area contributed by atoms with E-state index in [0.29, 0.717) is 31.6 Å². The summed E-state index contributed by atoms with van der Waals surface area (Å²) in [5.74, 6) is 0.936. The molecule has 0 radical (unpaired) electrons. The first-order chi connectivity index (χ1) is 45.6. The van der Waals surface area contributed by atoms with Crippen LogP contribution in [-0.4, -0.2) is 96.7 Å². The van der Waals surface area contributed by atoms with Gasteiger partial charge >= 0.3 is 39.5 Å². The van der Waals surface area contributed by atoms with Crippen molar-refractivity contribution in [1.29, 1.82) is 0 Å². The molecule has 3 unspecified atom stereocenters. The van der Waals surface area contributed by atoms with Crippen molar-refractivity contribution in [1.82, 2.24) is 0 Å². The molecule has 0 aliphatic rings. The quantitative estimate of drug-likeness (QED) is 0.0222. The molecule has 95 heavy (non-hydrogen) atoms. The molecule has 0 rings (SSSR count). The summed E-state index contributed by atoms with van der Waals surface area (Å²) in [6.07, 6.45) is 50.0. The maximum Gasteiger partial charge on any atom is 0.472 e. The summed E-state index contributed by atoms with van der Waals surface area (Å²) in [5.41, 5.74) is 0. The molecule has 0 aromatic rings. The normalized spacial score (nSPS) is 14.4. The molecule has 17 nitrogen and oxygen atoms in total. The van der Waals surface area contributed by atoms with Crippen LogP contribution in [0, 0.1) is 23.7 Å². The number of aliphatic hydroxyl groups is 1. The fourth-order valence-corrected chi connectivity index (χ4v) is 13.1. The van der Waals surface area contributed by atoms with E-state index in [4.69, 9.17) is 37.0 Å². The molecule has 0 heterocycles. The Labute approximate surface area is 581 Å². The van der Waals surface area contributed by atoms with Crippen LogP contribution in [0.5, 0.6) is 0 Å². The van der Waals surface area contributed by atoms with Gasteiger partial charge in [-0.25, -0.2) is 9.13 Å². The maximum absolute atomic E-state index is 13.1. The molecule has 6 atom stereocenters. The second-order valence-electron chi connectivity index (χ2n) is 29.1. The van der Waals surface area contributed by atoms with Gasteiger partial charge in [0, 0.05) is 25.7 Å². The van der Waals surface area contributed by atoms with Gasteiger partial charge in [0.15, 0.2) is 12.2 Å². The topological polar surface area (TPSA) is 237 Å². The molecule has 0 amide bonds. The molecular formula is C76H148O17P2. The molecule has 19 heteroatoms. The minimum Gasteiger partial charge on any atom is -0.462 e. The van der Waals surface area contributed by atoms with E-state index in [1.165, 1.54) is 180 Å². The molecular weight excluding hydrogens is 1250 g/mol. The van der Waals surface area contributed by atoms with Gasteiger partial charge in [-0.2, -0.15) is 0 Å². The number of hydrogen-bond donors (Lipinski definition) is 3. The van der Waals surface area contributed by atoms with Gasteiger partial charge < -0.3 is 33.8 Å². The van der Waals surface area contributed by atoms with Crippen LogP contribution in [0.2, 0.25) is 0 Å². The average molecular weight is 1400 g/mol. The molecule has 0 spiro atoms. The first-order valence-electron chi connectivity index (χ1n) is 39.2. The number of phosphoric acid groups is 2. The second kappa shape index (κ2) is 65.4. The molecule has 0 saturated carbocycles. The summed E-state index contributed by atoms with van der Waals surface area (Å²) in [4.78, 5) is 72.8. The van der Waals surface area contributed by atoms with Crippen LogP contribution >= 0.6 is 15.6 Å². The Bertz CT molecular complexity index is 1870. The van der Waals surface area contributed by atoms with Crippen LogP contribution in [-0.2, 0) is 65.4 Å². The van der Waals surface area contributed by atoms with Gasteiger partial charge in [0.1, 0.15) is 19.3 Å². The largest absolute Gasteiger partial charge is 0.472 e. The smallest absolute Gasteiger partial charge is 0.462 e. The lowest BCUT2D eigenvalue weighted by atomic mass is 9.99. The van der Waals surface area contributed by atoms with Crippen molar-refractivity contribution in [3.05, 3.63) is 0 Å². The molecule has 0 bridgehead atoms. The van der Waals surface area contributed by atoms with Gasteiger partial charge in [0.2, 0.25) is 0 Å². The average Bonchev–Trinajstić information content (AvgIpc) is 3.46. The van der Waals surface area contributed by atoms with Crippen LogP contribution in [0.15, 0.2) is 0 Å². The number of phosphoric ester groups is 2. The molecule has 0 aromatic heterocycles. The monoisotopic (exact) mass is 1400 g/mol. The van der Waals surface area contributed by atoms with Gasteiger partial charge in [-0.3, -0.25) is 37.3 Å². The minimum atomic E-state index is -4.96. The van der Waals surface area contributed by atoms with Gasteiger partial charge in [0.25, 0.3) is 0 Å². The first-order valence-corrected chi connectivity index (χ1v) is 42.2. The number of esters is 4. The summed E-state index contributed by atoms with van der Waals surface area (Å²) in [5, 5.41) is 10.6. The van der Waals surface area contributed by atoms with E-state index in [2.05, 4.69) is 55.4 Å². The Kier molecular flexibility index (Phi) is 64.0. The number of rotatable bonds is 73. The van der Waals surface area contributed by atoms with Crippen LogP contribution in [0.3, 0.4) is 0 Å². The van der Waals surface area contributed by atoms with Crippen molar-refractivity contribution >= 4 is 39.5 Å². The molecule has 0 aromatic carbocycles. The molecule has 3 N–H and O–H groups in total. The number of carbonyl (C=O) groups is 4. The summed E-state index contributed by atoms with van der Waals surface area (Å²) >= 11 is 0. The highest BCUT2D eigenvalue weighted by Crippen LogP contribution is 2.45. The Morgan fingerprint density at radius 3 is 0.747 bits per heavy atom. The van der Waals surface area contributed by atoms with Gasteiger partial charge in [0.05, 0.1) is 26.4 Å². The molecule has 0 aliphatic heterocycles. The Balaban J connectivity index is 5.24. The van der Waals surface area contributed by atoms with E-state index in [1.807, 2.05) is 0 Å². The lowest BCUT2D eigenvalue weighted by Crippen LogP contribution is -2.30. The van der Waals surface area contributed by atoms with E-state index in [9.17, 15) is 43.2 Å². The van der Waals surface area contributed by atoms with E-state index < -0.39 is 97.5 Å². The first kappa shape index (κ1) is 93.1. The molecule has 0 saturated heterocycles. The van der Waals surface area contributed by atoms with Crippen molar-refractivity contribution in [2.24, 2.45) is 23.7 Å². The number of ether oxygens (including phenoxy) is 4. The van der Waals surface area contributed by atoms with Crippen molar-refractivity contribution in [2.45, 2.75) is 401 Å². The predicted molar refractivity (Wildman–Crippen MR) is 386 cm³/mol. The number of aliphatic hydroxyl groups excluding tert-OH is 1. The van der Waals surface area contributed by atoms with E-state index in [-0.39, 0.29) is 25.7 Å². The Hall–Kier alpha value is -1.94. The van der Waals surface area contributed by atoms with Crippen molar-refractivity contribution in [3.63, 3.8) is 0 Å². The van der Waals surface area contributed by atoms with Crippen molar-refractivity contribution in [3.8, 4) is 0 Å². The second-order valence-corrected chi connectivity index (χ2v) is 32.0. The summed E-state index contributed by atoms with van der Waals surface area (Å²) in [7, 11) is -9.91. The van der Waals surface area contributed by atoms with Crippen molar-refractivity contribution < 1.29 is 80.2 Å². The molecule has 564 valence electrons. The van der Waals surface area contributed by atoms with E-state index in [1.54, 1.807) is 0 Å². The highest BCUT2D eigenvalue weighted by atomic mass is 31.2. The SMILES string of the molecule is CCC(C)CCCCCCCCCCCCC(=O)O[C@H](COC(=O)CCCCCCCCC(C)C)COP(=O)(O)OC[C@H](O)COP(=O)(O)OC[C@@H](COC(=O)CCCCCCCCCCCCCCCCC(C)C)OC(=O)CCCCCCCCCCCCCCC(C)C. The fourth-order valence-electron chi connectivity index (χ4n) is 11.5. The van der Waals surface area contributed by atoms with E-state index in [0.717, 1.165) is 114 Å². The van der Waals surface area contributed by atoms with Crippen LogP contribution < -0.4 is 0 Å². The lowest BCUT2D eigenvalue weighted by Gasteiger charge is -2.21. The van der Waals surface area contributed by atoms with Gasteiger partial charge in [-0.05, 0) is 49.4 Å². The summed E-state index contributed by atoms with van der Waals surface area (Å²) < 4.78 is 68.5. The predicted octanol–water partition coefficient (Wildman–Crippen LogP) is 22.0. The van der Waals surface area contributed by atoms with Crippen LogP contribution in [0.25, 0.3) is 0 Å². The maximum atomic E-state index is 13.1. The summed E-state index contributed by atoms with van der Waals surface area (Å²) in [6, 6.07) is 0. The third-order valence-electron chi connectivity index (χ3n) is 17.9. The van der Waals surface area contributed by atoms with Gasteiger partial charge in [-0.15, -0.1) is 0 Å².